The van der Waals surface area contributed by atoms with Crippen molar-refractivity contribution in [2.24, 2.45) is 17.4 Å². The molecule has 0 aromatic rings. The summed E-state index contributed by atoms with van der Waals surface area (Å²) in [5.74, 6) is 0.221. The molecule has 20 heavy (non-hydrogen) atoms. The number of hydrogen-bond donors (Lipinski definition) is 3. The summed E-state index contributed by atoms with van der Waals surface area (Å²) in [4.78, 5) is 22.4. The lowest BCUT2D eigenvalue weighted by atomic mass is 9.77. The predicted octanol–water partition coefficient (Wildman–Crippen LogP) is 1.27. The minimum Gasteiger partial charge on any atom is -0.361 e. The molecule has 1 aliphatic rings. The molecule has 116 valence electrons. The van der Waals surface area contributed by atoms with Crippen molar-refractivity contribution in [2.45, 2.75) is 64.1 Å². The molecule has 1 rings (SSSR count). The number of primary amides is 1. The number of imide groups is 1. The first-order valence-corrected chi connectivity index (χ1v) is 7.40. The van der Waals surface area contributed by atoms with Gasteiger partial charge in [-0.05, 0) is 38.5 Å². The van der Waals surface area contributed by atoms with Gasteiger partial charge < -0.3 is 16.2 Å². The number of urea groups is 1. The van der Waals surface area contributed by atoms with E-state index in [9.17, 15) is 9.59 Å². The van der Waals surface area contributed by atoms with Gasteiger partial charge in [0.1, 0.15) is 6.10 Å². The largest absolute Gasteiger partial charge is 0.361 e. The van der Waals surface area contributed by atoms with Crippen LogP contribution in [-0.2, 0) is 9.53 Å². The number of carbonyl (C=O) groups excluding carboxylic acids is 2. The quantitative estimate of drug-likeness (QED) is 0.683. The average Bonchev–Trinajstić information content (AvgIpc) is 2.40. The Balaban J connectivity index is 2.54. The van der Waals surface area contributed by atoms with Crippen molar-refractivity contribution < 1.29 is 14.3 Å². The Bertz CT molecular complexity index is 339. The van der Waals surface area contributed by atoms with Crippen LogP contribution in [0.3, 0.4) is 0 Å². The molecule has 1 saturated carbocycles. The average molecular weight is 285 g/mol. The fourth-order valence-corrected chi connectivity index (χ4v) is 2.92. The zero-order valence-corrected chi connectivity index (χ0v) is 12.5. The highest BCUT2D eigenvalue weighted by atomic mass is 16.5. The maximum Gasteiger partial charge on any atom is 0.318 e. The third-order valence-corrected chi connectivity index (χ3v) is 4.13. The van der Waals surface area contributed by atoms with Crippen molar-refractivity contribution in [3.05, 3.63) is 0 Å². The normalized spacial score (nSPS) is 27.9. The molecule has 6 nitrogen and oxygen atoms in total. The Morgan fingerprint density at radius 1 is 1.40 bits per heavy atom. The minimum absolute atomic E-state index is 0.389. The van der Waals surface area contributed by atoms with Crippen molar-refractivity contribution in [1.29, 1.82) is 0 Å². The molecule has 0 aliphatic heterocycles. The van der Waals surface area contributed by atoms with E-state index in [-0.39, 0.29) is 0 Å². The Hall–Kier alpha value is -1.14. The van der Waals surface area contributed by atoms with E-state index in [4.69, 9.17) is 16.2 Å². The van der Waals surface area contributed by atoms with Crippen molar-refractivity contribution in [3.63, 3.8) is 0 Å². The molecule has 0 aromatic heterocycles. The van der Waals surface area contributed by atoms with Crippen LogP contribution in [0, 0.1) is 5.92 Å². The zero-order valence-electron chi connectivity index (χ0n) is 12.5. The monoisotopic (exact) mass is 285 g/mol. The molecule has 0 saturated heterocycles. The molecule has 1 fully saturated rings. The van der Waals surface area contributed by atoms with Gasteiger partial charge in [-0.15, -0.1) is 0 Å². The number of amides is 3. The van der Waals surface area contributed by atoms with Gasteiger partial charge in [0.25, 0.3) is 5.91 Å². The fourth-order valence-electron chi connectivity index (χ4n) is 2.92. The molecule has 0 aromatic carbocycles. The van der Waals surface area contributed by atoms with Gasteiger partial charge in [0.05, 0.1) is 5.60 Å². The van der Waals surface area contributed by atoms with E-state index in [1.807, 2.05) is 5.32 Å². The standard InChI is InChI=1S/C14H27N3O3/c1-3-4-11-5-7-14(9-15,8-6-11)20-10(2)12(18)17-13(16)19/h10-11H,3-9,15H2,1-2H3,(H3,16,17,18,19). The zero-order chi connectivity index (χ0) is 15.2. The van der Waals surface area contributed by atoms with Gasteiger partial charge in [0.2, 0.25) is 0 Å². The van der Waals surface area contributed by atoms with Crippen LogP contribution in [0.1, 0.15) is 52.4 Å². The molecule has 6 heteroatoms. The van der Waals surface area contributed by atoms with Gasteiger partial charge in [-0.1, -0.05) is 19.8 Å². The molecule has 0 spiro atoms. The van der Waals surface area contributed by atoms with Crippen LogP contribution in [0.25, 0.3) is 0 Å². The first kappa shape index (κ1) is 16.9. The van der Waals surface area contributed by atoms with Gasteiger partial charge >= 0.3 is 6.03 Å². The smallest absolute Gasteiger partial charge is 0.318 e. The molecular weight excluding hydrogens is 258 g/mol. The van der Waals surface area contributed by atoms with Gasteiger partial charge in [-0.3, -0.25) is 10.1 Å². The van der Waals surface area contributed by atoms with E-state index < -0.39 is 23.6 Å². The van der Waals surface area contributed by atoms with Crippen molar-refractivity contribution in [2.75, 3.05) is 6.54 Å². The molecule has 5 N–H and O–H groups in total. The van der Waals surface area contributed by atoms with Crippen LogP contribution in [0.5, 0.6) is 0 Å². The SMILES string of the molecule is CCCC1CCC(CN)(OC(C)C(=O)NC(N)=O)CC1. The van der Waals surface area contributed by atoms with Crippen LogP contribution >= 0.6 is 0 Å². The summed E-state index contributed by atoms with van der Waals surface area (Å²) in [5, 5.41) is 2.04. The second-order valence-electron chi connectivity index (χ2n) is 5.73. The van der Waals surface area contributed by atoms with Crippen LogP contribution in [0.15, 0.2) is 0 Å². The second-order valence-corrected chi connectivity index (χ2v) is 5.73. The first-order valence-electron chi connectivity index (χ1n) is 7.40. The number of carbonyl (C=O) groups is 2. The number of ether oxygens (including phenoxy) is 1. The Morgan fingerprint density at radius 2 is 2.00 bits per heavy atom. The summed E-state index contributed by atoms with van der Waals surface area (Å²) < 4.78 is 5.87. The lowest BCUT2D eigenvalue weighted by Crippen LogP contribution is -2.50. The van der Waals surface area contributed by atoms with Crippen LogP contribution in [0.4, 0.5) is 4.79 Å². The van der Waals surface area contributed by atoms with E-state index >= 15 is 0 Å². The van der Waals surface area contributed by atoms with Crippen LogP contribution < -0.4 is 16.8 Å². The van der Waals surface area contributed by atoms with E-state index in [1.54, 1.807) is 6.92 Å². The molecule has 3 amide bonds. The summed E-state index contributed by atoms with van der Waals surface area (Å²) in [6, 6.07) is -0.862. The predicted molar refractivity (Wildman–Crippen MR) is 76.9 cm³/mol. The number of nitrogens with one attached hydrogen (secondary N) is 1. The molecule has 0 radical (unpaired) electrons. The van der Waals surface area contributed by atoms with Gasteiger partial charge in [0.15, 0.2) is 0 Å². The lowest BCUT2D eigenvalue weighted by molar-refractivity contribution is -0.149. The molecule has 1 atom stereocenters. The third-order valence-electron chi connectivity index (χ3n) is 4.13. The third kappa shape index (κ3) is 4.76. The summed E-state index contributed by atoms with van der Waals surface area (Å²) in [6.07, 6.45) is 5.58. The van der Waals surface area contributed by atoms with E-state index in [0.29, 0.717) is 6.54 Å². The Labute approximate surface area is 120 Å². The van der Waals surface area contributed by atoms with Crippen LogP contribution in [-0.4, -0.2) is 30.2 Å². The summed E-state index contributed by atoms with van der Waals surface area (Å²) in [6.45, 7) is 4.20. The Kier molecular flexibility index (Phi) is 6.42. The van der Waals surface area contributed by atoms with Gasteiger partial charge in [-0.2, -0.15) is 0 Å². The van der Waals surface area contributed by atoms with E-state index in [2.05, 4.69) is 6.92 Å². The topological polar surface area (TPSA) is 107 Å². The number of rotatable bonds is 6. The number of nitrogens with two attached hydrogens (primary N) is 2. The molecule has 1 unspecified atom stereocenters. The van der Waals surface area contributed by atoms with Crippen molar-refractivity contribution >= 4 is 11.9 Å². The summed E-state index contributed by atoms with van der Waals surface area (Å²) in [5.41, 5.74) is 10.3. The minimum atomic E-state index is -0.862. The van der Waals surface area contributed by atoms with E-state index in [0.717, 1.165) is 31.6 Å². The number of hydrogen-bond acceptors (Lipinski definition) is 4. The van der Waals surface area contributed by atoms with Gasteiger partial charge in [0, 0.05) is 6.54 Å². The maximum atomic E-state index is 11.7. The molecule has 1 aliphatic carbocycles. The highest BCUT2D eigenvalue weighted by molar-refractivity contribution is 5.95. The fraction of sp³-hybridized carbons (Fsp3) is 0.857. The van der Waals surface area contributed by atoms with Crippen molar-refractivity contribution in [1.82, 2.24) is 5.32 Å². The molecular formula is C14H27N3O3. The Morgan fingerprint density at radius 3 is 2.45 bits per heavy atom. The first-order chi connectivity index (χ1) is 9.42. The second kappa shape index (κ2) is 7.59. The maximum absolute atomic E-state index is 11.7. The van der Waals surface area contributed by atoms with Crippen LogP contribution in [0.2, 0.25) is 0 Å². The van der Waals surface area contributed by atoms with E-state index in [1.165, 1.54) is 12.8 Å². The highest BCUT2D eigenvalue weighted by Crippen LogP contribution is 2.37. The molecule has 0 bridgehead atoms. The lowest BCUT2D eigenvalue weighted by Gasteiger charge is -2.40. The highest BCUT2D eigenvalue weighted by Gasteiger charge is 2.37. The summed E-state index contributed by atoms with van der Waals surface area (Å²) in [7, 11) is 0. The molecule has 0 heterocycles. The van der Waals surface area contributed by atoms with Gasteiger partial charge in [-0.25, -0.2) is 4.79 Å². The summed E-state index contributed by atoms with van der Waals surface area (Å²) >= 11 is 0. The van der Waals surface area contributed by atoms with Crippen molar-refractivity contribution in [3.8, 4) is 0 Å².